The van der Waals surface area contributed by atoms with Crippen LogP contribution in [0.5, 0.6) is 11.5 Å². The van der Waals surface area contributed by atoms with Gasteiger partial charge in [-0.1, -0.05) is 6.07 Å². The van der Waals surface area contributed by atoms with Crippen molar-refractivity contribution in [1.82, 2.24) is 0 Å². The third kappa shape index (κ3) is 3.93. The first-order valence-corrected chi connectivity index (χ1v) is 10.1. The van der Waals surface area contributed by atoms with Crippen LogP contribution in [0.15, 0.2) is 36.4 Å². The summed E-state index contributed by atoms with van der Waals surface area (Å²) < 4.78 is 11.3. The van der Waals surface area contributed by atoms with Crippen LogP contribution < -0.4 is 24.6 Å². The molecular formula is C23H25N3O5. The monoisotopic (exact) mass is 423 g/mol. The molecule has 0 unspecified atom stereocenters. The maximum atomic E-state index is 12.9. The number of fused-ring (bicyclic) bond motifs is 2. The van der Waals surface area contributed by atoms with Gasteiger partial charge in [0.1, 0.15) is 11.5 Å². The molecule has 2 aromatic rings. The molecule has 2 heterocycles. The zero-order valence-corrected chi connectivity index (χ0v) is 18.0. The van der Waals surface area contributed by atoms with Crippen molar-refractivity contribution in [2.45, 2.75) is 32.8 Å². The van der Waals surface area contributed by atoms with Gasteiger partial charge in [-0.2, -0.15) is 0 Å². The SMILES string of the molecule is Cc1ccc2c(c1)N(CCC(=O)Nc1ccc3c(c1)OCC(=O)N3C)C(=O)C(C)(C)O2. The number of ether oxygens (including phenoxy) is 2. The highest BCUT2D eigenvalue weighted by atomic mass is 16.5. The van der Waals surface area contributed by atoms with Gasteiger partial charge < -0.3 is 24.6 Å². The standard InChI is InChI=1S/C23H25N3O5/c1-14-5-8-18-17(11-14)26(22(29)23(2,3)31-18)10-9-20(27)24-15-6-7-16-19(12-15)30-13-21(28)25(16)4/h5-8,11-12H,9-10,13H2,1-4H3,(H,24,27). The van der Waals surface area contributed by atoms with E-state index in [-0.39, 0.29) is 37.3 Å². The van der Waals surface area contributed by atoms with Crippen LogP contribution in [-0.4, -0.2) is 43.5 Å². The third-order valence-electron chi connectivity index (χ3n) is 5.42. The molecule has 2 aliphatic rings. The van der Waals surface area contributed by atoms with Crippen molar-refractivity contribution < 1.29 is 23.9 Å². The Balaban J connectivity index is 1.46. The summed E-state index contributed by atoms with van der Waals surface area (Å²) in [7, 11) is 1.68. The Hall–Kier alpha value is -3.55. The number of nitrogens with one attached hydrogen (secondary N) is 1. The van der Waals surface area contributed by atoms with Gasteiger partial charge in [-0.25, -0.2) is 0 Å². The average molecular weight is 423 g/mol. The number of hydrogen-bond donors (Lipinski definition) is 1. The molecule has 8 nitrogen and oxygen atoms in total. The number of anilines is 3. The summed E-state index contributed by atoms with van der Waals surface area (Å²) in [5.41, 5.74) is 1.89. The molecule has 2 aromatic carbocycles. The van der Waals surface area contributed by atoms with Crippen molar-refractivity contribution in [2.24, 2.45) is 0 Å². The van der Waals surface area contributed by atoms with E-state index in [2.05, 4.69) is 5.32 Å². The molecule has 8 heteroatoms. The van der Waals surface area contributed by atoms with Gasteiger partial charge in [0.15, 0.2) is 12.2 Å². The highest BCUT2D eigenvalue weighted by Crippen LogP contribution is 2.38. The summed E-state index contributed by atoms with van der Waals surface area (Å²) in [6, 6.07) is 10.8. The molecule has 3 amide bonds. The minimum atomic E-state index is -1.00. The molecule has 0 atom stereocenters. The van der Waals surface area contributed by atoms with Crippen LogP contribution in [0.2, 0.25) is 0 Å². The molecule has 0 aromatic heterocycles. The van der Waals surface area contributed by atoms with Crippen LogP contribution in [0.25, 0.3) is 0 Å². The van der Waals surface area contributed by atoms with Crippen molar-refractivity contribution in [2.75, 3.05) is 35.3 Å². The number of carbonyl (C=O) groups is 3. The van der Waals surface area contributed by atoms with E-state index < -0.39 is 5.60 Å². The van der Waals surface area contributed by atoms with Crippen molar-refractivity contribution >= 4 is 34.8 Å². The molecule has 0 saturated carbocycles. The summed E-state index contributed by atoms with van der Waals surface area (Å²) >= 11 is 0. The molecule has 0 aliphatic carbocycles. The maximum Gasteiger partial charge on any atom is 0.270 e. The molecule has 162 valence electrons. The van der Waals surface area contributed by atoms with E-state index >= 15 is 0 Å². The molecule has 4 rings (SSSR count). The smallest absolute Gasteiger partial charge is 0.270 e. The number of likely N-dealkylation sites (N-methyl/N-ethyl adjacent to an activating group) is 1. The van der Waals surface area contributed by atoms with E-state index in [9.17, 15) is 14.4 Å². The Morgan fingerprint density at radius 2 is 1.87 bits per heavy atom. The summed E-state index contributed by atoms with van der Waals surface area (Å²) in [6.07, 6.45) is 0.117. The van der Waals surface area contributed by atoms with Crippen LogP contribution in [-0.2, 0) is 14.4 Å². The molecular weight excluding hydrogens is 398 g/mol. The zero-order valence-electron chi connectivity index (χ0n) is 18.0. The molecule has 0 fully saturated rings. The fourth-order valence-electron chi connectivity index (χ4n) is 3.69. The highest BCUT2D eigenvalue weighted by molar-refractivity contribution is 6.03. The van der Waals surface area contributed by atoms with Gasteiger partial charge in [-0.05, 0) is 50.6 Å². The van der Waals surface area contributed by atoms with E-state index in [1.165, 1.54) is 4.90 Å². The van der Waals surface area contributed by atoms with E-state index in [0.29, 0.717) is 28.6 Å². The summed E-state index contributed by atoms with van der Waals surface area (Å²) in [4.78, 5) is 40.4. The van der Waals surface area contributed by atoms with E-state index in [4.69, 9.17) is 9.47 Å². The van der Waals surface area contributed by atoms with Crippen molar-refractivity contribution in [3.05, 3.63) is 42.0 Å². The molecule has 0 bridgehead atoms. The minimum absolute atomic E-state index is 0.0331. The number of aryl methyl sites for hydroxylation is 1. The van der Waals surface area contributed by atoms with Gasteiger partial charge in [0.2, 0.25) is 5.91 Å². The lowest BCUT2D eigenvalue weighted by molar-refractivity contribution is -0.132. The van der Waals surface area contributed by atoms with E-state index in [1.54, 1.807) is 44.0 Å². The fraction of sp³-hybridized carbons (Fsp3) is 0.348. The third-order valence-corrected chi connectivity index (χ3v) is 5.42. The Morgan fingerprint density at radius 1 is 1.10 bits per heavy atom. The van der Waals surface area contributed by atoms with Crippen LogP contribution in [0.4, 0.5) is 17.1 Å². The normalized spacial score (nSPS) is 16.8. The van der Waals surface area contributed by atoms with Crippen molar-refractivity contribution in [3.63, 3.8) is 0 Å². The van der Waals surface area contributed by atoms with Crippen LogP contribution in [0.3, 0.4) is 0 Å². The van der Waals surface area contributed by atoms with Gasteiger partial charge in [0.25, 0.3) is 11.8 Å². The zero-order chi connectivity index (χ0) is 22.3. The van der Waals surface area contributed by atoms with Crippen LogP contribution >= 0.6 is 0 Å². The van der Waals surface area contributed by atoms with Gasteiger partial charge in [-0.15, -0.1) is 0 Å². The highest BCUT2D eigenvalue weighted by Gasteiger charge is 2.40. The Kier molecular flexibility index (Phi) is 5.08. The molecule has 2 aliphatic heterocycles. The molecule has 0 saturated heterocycles. The first-order chi connectivity index (χ1) is 14.7. The lowest BCUT2D eigenvalue weighted by Gasteiger charge is -2.38. The predicted octanol–water partition coefficient (Wildman–Crippen LogP) is 2.88. The van der Waals surface area contributed by atoms with E-state index in [1.807, 2.05) is 25.1 Å². The summed E-state index contributed by atoms with van der Waals surface area (Å²) in [6.45, 7) is 5.58. The lowest BCUT2D eigenvalue weighted by Crippen LogP contribution is -2.53. The topological polar surface area (TPSA) is 88.2 Å². The fourth-order valence-corrected chi connectivity index (χ4v) is 3.69. The van der Waals surface area contributed by atoms with Gasteiger partial charge in [0, 0.05) is 31.8 Å². The van der Waals surface area contributed by atoms with Gasteiger partial charge in [-0.3, -0.25) is 14.4 Å². The molecule has 1 N–H and O–H groups in total. The first-order valence-electron chi connectivity index (χ1n) is 10.1. The number of carbonyl (C=O) groups excluding carboxylic acids is 3. The molecule has 31 heavy (non-hydrogen) atoms. The molecule has 0 spiro atoms. The second-order valence-corrected chi connectivity index (χ2v) is 8.26. The number of hydrogen-bond acceptors (Lipinski definition) is 5. The quantitative estimate of drug-likeness (QED) is 0.817. The van der Waals surface area contributed by atoms with Gasteiger partial charge >= 0.3 is 0 Å². The molecule has 0 radical (unpaired) electrons. The summed E-state index contributed by atoms with van der Waals surface area (Å²) in [5.74, 6) is 0.619. The number of nitrogens with zero attached hydrogens (tertiary/aromatic N) is 2. The first kappa shape index (κ1) is 20.7. The lowest BCUT2D eigenvalue weighted by atomic mass is 10.0. The average Bonchev–Trinajstić information content (AvgIpc) is 2.72. The Bertz CT molecular complexity index is 1080. The second-order valence-electron chi connectivity index (χ2n) is 8.26. The van der Waals surface area contributed by atoms with E-state index in [0.717, 1.165) is 5.56 Å². The number of benzene rings is 2. The number of rotatable bonds is 4. The number of amides is 3. The van der Waals surface area contributed by atoms with Crippen LogP contribution in [0, 0.1) is 6.92 Å². The van der Waals surface area contributed by atoms with Gasteiger partial charge in [0.05, 0.1) is 11.4 Å². The maximum absolute atomic E-state index is 12.9. The summed E-state index contributed by atoms with van der Waals surface area (Å²) in [5, 5.41) is 2.84. The van der Waals surface area contributed by atoms with Crippen LogP contribution in [0.1, 0.15) is 25.8 Å². The Labute approximate surface area is 180 Å². The predicted molar refractivity (Wildman–Crippen MR) is 117 cm³/mol. The minimum Gasteiger partial charge on any atom is -0.481 e. The second kappa shape index (κ2) is 7.61. The van der Waals surface area contributed by atoms with Crippen molar-refractivity contribution in [3.8, 4) is 11.5 Å². The largest absolute Gasteiger partial charge is 0.481 e. The van der Waals surface area contributed by atoms with Crippen molar-refractivity contribution in [1.29, 1.82) is 0 Å². The Morgan fingerprint density at radius 3 is 2.65 bits per heavy atom.